The summed E-state index contributed by atoms with van der Waals surface area (Å²) in [4.78, 5) is 11.2. The van der Waals surface area contributed by atoms with Crippen molar-refractivity contribution in [2.45, 2.75) is 37.7 Å². The van der Waals surface area contributed by atoms with E-state index in [4.69, 9.17) is 9.84 Å². The predicted molar refractivity (Wildman–Crippen MR) is 73.9 cm³/mol. The van der Waals surface area contributed by atoms with Gasteiger partial charge in [0.25, 0.3) is 0 Å². The Morgan fingerprint density at radius 2 is 2.05 bits per heavy atom. The maximum atomic E-state index is 12.4. The maximum absolute atomic E-state index is 12.4. The molecule has 1 aliphatic rings. The first-order chi connectivity index (χ1) is 9.31. The van der Waals surface area contributed by atoms with Crippen LogP contribution in [0.2, 0.25) is 0 Å². The van der Waals surface area contributed by atoms with Crippen LogP contribution in [-0.4, -0.2) is 38.0 Å². The fraction of sp³-hybridized carbons (Fsp3) is 0.500. The van der Waals surface area contributed by atoms with Crippen molar-refractivity contribution < 1.29 is 23.1 Å². The van der Waals surface area contributed by atoms with Gasteiger partial charge in [0, 0.05) is 6.61 Å². The van der Waals surface area contributed by atoms with Crippen LogP contribution >= 0.6 is 0 Å². The molecule has 110 valence electrons. The van der Waals surface area contributed by atoms with Crippen molar-refractivity contribution in [3.8, 4) is 0 Å². The lowest BCUT2D eigenvalue weighted by Crippen LogP contribution is -2.21. The molecule has 1 saturated heterocycles. The van der Waals surface area contributed by atoms with Crippen molar-refractivity contribution in [2.24, 2.45) is 0 Å². The van der Waals surface area contributed by atoms with Gasteiger partial charge in [-0.05, 0) is 43.9 Å². The van der Waals surface area contributed by atoms with E-state index in [9.17, 15) is 13.2 Å². The first-order valence-electron chi connectivity index (χ1n) is 6.50. The van der Waals surface area contributed by atoms with E-state index in [-0.39, 0.29) is 22.3 Å². The van der Waals surface area contributed by atoms with Crippen LogP contribution in [0.5, 0.6) is 0 Å². The van der Waals surface area contributed by atoms with Crippen LogP contribution in [0.3, 0.4) is 0 Å². The van der Waals surface area contributed by atoms with Crippen LogP contribution in [0, 0.1) is 13.8 Å². The van der Waals surface area contributed by atoms with Crippen LogP contribution in [0.4, 0.5) is 0 Å². The molecular formula is C14H18O5S. The zero-order valence-electron chi connectivity index (χ0n) is 11.5. The Morgan fingerprint density at radius 3 is 2.60 bits per heavy atom. The molecule has 0 radical (unpaired) electrons. The van der Waals surface area contributed by atoms with E-state index in [2.05, 4.69) is 0 Å². The third-order valence-electron chi connectivity index (χ3n) is 3.52. The standard InChI is InChI=1S/C14H18O5S/c1-9-6-10(2)13(7-12(9)14(15)16)20(17,18)8-11-4-3-5-19-11/h6-7,11H,3-5,8H2,1-2H3,(H,15,16). The van der Waals surface area contributed by atoms with Gasteiger partial charge in [-0.3, -0.25) is 0 Å². The van der Waals surface area contributed by atoms with Crippen LogP contribution < -0.4 is 0 Å². The number of ether oxygens (including phenoxy) is 1. The van der Waals surface area contributed by atoms with Crippen molar-refractivity contribution in [3.63, 3.8) is 0 Å². The van der Waals surface area contributed by atoms with E-state index in [0.717, 1.165) is 12.8 Å². The number of aromatic carboxylic acids is 1. The number of carboxylic acid groups (broad SMARTS) is 1. The number of rotatable bonds is 4. The Morgan fingerprint density at radius 1 is 1.35 bits per heavy atom. The topological polar surface area (TPSA) is 80.7 Å². The van der Waals surface area contributed by atoms with Gasteiger partial charge < -0.3 is 9.84 Å². The summed E-state index contributed by atoms with van der Waals surface area (Å²) in [6, 6.07) is 2.86. The Bertz CT molecular complexity index is 627. The van der Waals surface area contributed by atoms with Gasteiger partial charge in [0.2, 0.25) is 0 Å². The lowest BCUT2D eigenvalue weighted by Gasteiger charge is -2.13. The van der Waals surface area contributed by atoms with E-state index >= 15 is 0 Å². The lowest BCUT2D eigenvalue weighted by atomic mass is 10.1. The molecule has 1 N–H and O–H groups in total. The first kappa shape index (κ1) is 15.0. The summed E-state index contributed by atoms with van der Waals surface area (Å²) in [5, 5.41) is 9.11. The number of carbonyl (C=O) groups is 1. The number of sulfone groups is 1. The second kappa shape index (κ2) is 5.54. The molecule has 5 nitrogen and oxygen atoms in total. The Hall–Kier alpha value is -1.40. The van der Waals surface area contributed by atoms with Crippen LogP contribution in [0.1, 0.15) is 34.3 Å². The molecule has 2 rings (SSSR count). The Balaban J connectivity index is 2.40. The minimum Gasteiger partial charge on any atom is -0.478 e. The zero-order valence-corrected chi connectivity index (χ0v) is 12.4. The maximum Gasteiger partial charge on any atom is 0.335 e. The summed E-state index contributed by atoms with van der Waals surface area (Å²) in [5.41, 5.74) is 1.16. The number of carboxylic acids is 1. The number of hydrogen-bond donors (Lipinski definition) is 1. The minimum absolute atomic E-state index is 0.0292. The Kier molecular flexibility index (Phi) is 4.15. The summed E-state index contributed by atoms with van der Waals surface area (Å²) < 4.78 is 30.2. The van der Waals surface area contributed by atoms with Gasteiger partial charge >= 0.3 is 5.97 Å². The van der Waals surface area contributed by atoms with Crippen molar-refractivity contribution >= 4 is 15.8 Å². The van der Waals surface area contributed by atoms with Crippen molar-refractivity contribution in [3.05, 3.63) is 28.8 Å². The van der Waals surface area contributed by atoms with Gasteiger partial charge in [-0.25, -0.2) is 13.2 Å². The van der Waals surface area contributed by atoms with E-state index in [1.54, 1.807) is 19.9 Å². The fourth-order valence-corrected chi connectivity index (χ4v) is 4.29. The predicted octanol–water partition coefficient (Wildman–Crippen LogP) is 1.95. The molecule has 6 heteroatoms. The van der Waals surface area contributed by atoms with Crippen molar-refractivity contribution in [2.75, 3.05) is 12.4 Å². The summed E-state index contributed by atoms with van der Waals surface area (Å²) in [7, 11) is -3.54. The molecule has 1 unspecified atom stereocenters. The highest BCUT2D eigenvalue weighted by atomic mass is 32.2. The monoisotopic (exact) mass is 298 g/mol. The highest BCUT2D eigenvalue weighted by molar-refractivity contribution is 7.91. The number of aryl methyl sites for hydroxylation is 2. The van der Waals surface area contributed by atoms with E-state index in [1.165, 1.54) is 6.07 Å². The molecule has 1 aliphatic heterocycles. The van der Waals surface area contributed by atoms with Crippen molar-refractivity contribution in [1.82, 2.24) is 0 Å². The molecule has 0 aromatic heterocycles. The van der Waals surface area contributed by atoms with Crippen molar-refractivity contribution in [1.29, 1.82) is 0 Å². The molecule has 1 heterocycles. The molecule has 0 saturated carbocycles. The fourth-order valence-electron chi connectivity index (χ4n) is 2.51. The molecule has 0 aliphatic carbocycles. The van der Waals surface area contributed by atoms with Gasteiger partial charge in [-0.15, -0.1) is 0 Å². The van der Waals surface area contributed by atoms with E-state index < -0.39 is 15.8 Å². The van der Waals surface area contributed by atoms with Gasteiger partial charge in [0.1, 0.15) is 0 Å². The molecule has 1 aromatic rings. The first-order valence-corrected chi connectivity index (χ1v) is 8.15. The highest BCUT2D eigenvalue weighted by Crippen LogP contribution is 2.24. The molecule has 0 spiro atoms. The lowest BCUT2D eigenvalue weighted by molar-refractivity contribution is 0.0696. The second-order valence-electron chi connectivity index (χ2n) is 5.15. The SMILES string of the molecule is Cc1cc(C)c(S(=O)(=O)CC2CCCO2)cc1C(=O)O. The molecular weight excluding hydrogens is 280 g/mol. The van der Waals surface area contributed by atoms with Gasteiger partial charge in [0.05, 0.1) is 22.3 Å². The smallest absolute Gasteiger partial charge is 0.335 e. The Labute approximate surface area is 118 Å². The quantitative estimate of drug-likeness (QED) is 0.919. The molecule has 1 fully saturated rings. The molecule has 1 atom stereocenters. The third kappa shape index (κ3) is 3.02. The van der Waals surface area contributed by atoms with Crippen LogP contribution in [0.15, 0.2) is 17.0 Å². The number of hydrogen-bond acceptors (Lipinski definition) is 4. The minimum atomic E-state index is -3.54. The third-order valence-corrected chi connectivity index (χ3v) is 5.44. The average Bonchev–Trinajstić information content (AvgIpc) is 2.79. The average molecular weight is 298 g/mol. The molecule has 20 heavy (non-hydrogen) atoms. The molecule has 0 bridgehead atoms. The summed E-state index contributed by atoms with van der Waals surface area (Å²) >= 11 is 0. The van der Waals surface area contributed by atoms with Gasteiger partial charge in [-0.1, -0.05) is 6.07 Å². The normalized spacial score (nSPS) is 19.2. The summed E-state index contributed by atoms with van der Waals surface area (Å²) in [5.74, 6) is -1.20. The van der Waals surface area contributed by atoms with Crippen LogP contribution in [-0.2, 0) is 14.6 Å². The van der Waals surface area contributed by atoms with Gasteiger partial charge in [0.15, 0.2) is 9.84 Å². The second-order valence-corrected chi connectivity index (χ2v) is 7.16. The number of benzene rings is 1. The highest BCUT2D eigenvalue weighted by Gasteiger charge is 2.27. The van der Waals surface area contributed by atoms with E-state index in [0.29, 0.717) is 17.7 Å². The van der Waals surface area contributed by atoms with E-state index in [1.807, 2.05) is 0 Å². The summed E-state index contributed by atoms with van der Waals surface area (Å²) in [6.45, 7) is 3.93. The molecule has 0 amide bonds. The molecule has 1 aromatic carbocycles. The zero-order chi connectivity index (χ0) is 14.9. The van der Waals surface area contributed by atoms with Crippen LogP contribution in [0.25, 0.3) is 0 Å². The largest absolute Gasteiger partial charge is 0.478 e. The van der Waals surface area contributed by atoms with Gasteiger partial charge in [-0.2, -0.15) is 0 Å². The summed E-state index contributed by atoms with van der Waals surface area (Å²) in [6.07, 6.45) is 1.32.